The van der Waals surface area contributed by atoms with Crippen molar-refractivity contribution >= 4 is 5.91 Å². The van der Waals surface area contributed by atoms with Gasteiger partial charge in [-0.1, -0.05) is 0 Å². The molecule has 1 amide bonds. The Labute approximate surface area is 54.4 Å². The number of hydrogen-bond acceptors (Lipinski definition) is 1. The summed E-state index contributed by atoms with van der Waals surface area (Å²) >= 11 is 0. The zero-order chi connectivity index (χ0) is 7.28. The highest BCUT2D eigenvalue weighted by atomic mass is 19.1. The van der Waals surface area contributed by atoms with E-state index >= 15 is 0 Å². The first kappa shape index (κ1) is 8.27. The van der Waals surface area contributed by atoms with Crippen molar-refractivity contribution in [3.8, 4) is 0 Å². The van der Waals surface area contributed by atoms with Gasteiger partial charge in [-0.05, 0) is 0 Å². The first-order chi connectivity index (χ1) is 4.16. The lowest BCUT2D eigenvalue weighted by Crippen LogP contribution is -2.27. The average Bonchev–Trinajstić information content (AvgIpc) is 1.83. The summed E-state index contributed by atoms with van der Waals surface area (Å²) < 4.78 is 12.2. The highest BCUT2D eigenvalue weighted by Gasteiger charge is 2.05. The van der Waals surface area contributed by atoms with Gasteiger partial charge in [-0.2, -0.15) is 0 Å². The predicted molar refractivity (Wildman–Crippen MR) is 33.6 cm³/mol. The minimum atomic E-state index is -1.01. The molecule has 1 N–H and O–H groups in total. The van der Waals surface area contributed by atoms with E-state index in [0.29, 0.717) is 0 Å². The van der Waals surface area contributed by atoms with Crippen LogP contribution in [0.1, 0.15) is 13.3 Å². The largest absolute Gasteiger partial charge is 0.353 e. The van der Waals surface area contributed by atoms with E-state index in [1.807, 2.05) is 0 Å². The second-order valence-corrected chi connectivity index (χ2v) is 1.82. The molecule has 0 aromatic heterocycles. The fourth-order valence-electron chi connectivity index (χ4n) is 0.357. The van der Waals surface area contributed by atoms with Crippen LogP contribution in [0.2, 0.25) is 0 Å². The Balaban J connectivity index is 3.16. The molecule has 0 aliphatic heterocycles. The van der Waals surface area contributed by atoms with E-state index in [0.717, 1.165) is 0 Å². The molecule has 3 heteroatoms. The summed E-state index contributed by atoms with van der Waals surface area (Å²) in [6, 6.07) is 0. The van der Waals surface area contributed by atoms with Crippen LogP contribution in [0, 0.1) is 6.92 Å². The SMILES string of the molecule is [CH2+]C[C@@H](F)CNC(C)=O. The third kappa shape index (κ3) is 5.14. The Morgan fingerprint density at radius 2 is 2.44 bits per heavy atom. The lowest BCUT2D eigenvalue weighted by atomic mass is 10.3. The molecule has 0 fully saturated rings. The molecule has 0 radical (unpaired) electrons. The van der Waals surface area contributed by atoms with Gasteiger partial charge >= 0.3 is 0 Å². The Kier molecular flexibility index (Phi) is 3.84. The third-order valence-corrected chi connectivity index (χ3v) is 0.886. The predicted octanol–water partition coefficient (Wildman–Crippen LogP) is 0.685. The monoisotopic (exact) mass is 132 g/mol. The van der Waals surface area contributed by atoms with Crippen molar-refractivity contribution in [2.24, 2.45) is 0 Å². The molecule has 0 heterocycles. The number of alkyl halides is 1. The maximum Gasteiger partial charge on any atom is 0.216 e. The van der Waals surface area contributed by atoms with Crippen LogP contribution in [0.25, 0.3) is 0 Å². The third-order valence-electron chi connectivity index (χ3n) is 0.886. The maximum atomic E-state index is 12.2. The number of hydrogen-bond donors (Lipinski definition) is 1. The highest BCUT2D eigenvalue weighted by Crippen LogP contribution is 1.92. The summed E-state index contributed by atoms with van der Waals surface area (Å²) in [5.41, 5.74) is 0. The van der Waals surface area contributed by atoms with Gasteiger partial charge in [0.25, 0.3) is 0 Å². The van der Waals surface area contributed by atoms with Crippen LogP contribution in [-0.4, -0.2) is 18.6 Å². The van der Waals surface area contributed by atoms with Crippen LogP contribution < -0.4 is 5.32 Å². The molecule has 0 saturated heterocycles. The van der Waals surface area contributed by atoms with Crippen LogP contribution in [-0.2, 0) is 4.79 Å². The quantitative estimate of drug-likeness (QED) is 0.562. The van der Waals surface area contributed by atoms with E-state index in [1.165, 1.54) is 6.92 Å². The zero-order valence-electron chi connectivity index (χ0n) is 5.48. The van der Waals surface area contributed by atoms with Gasteiger partial charge in [-0.15, -0.1) is 0 Å². The topological polar surface area (TPSA) is 29.1 Å². The van der Waals surface area contributed by atoms with Crippen LogP contribution in [0.15, 0.2) is 0 Å². The lowest BCUT2D eigenvalue weighted by molar-refractivity contribution is -0.119. The number of carbonyl (C=O) groups excluding carboxylic acids is 1. The molecule has 0 aliphatic carbocycles. The fourth-order valence-corrected chi connectivity index (χ4v) is 0.357. The maximum absolute atomic E-state index is 12.2. The molecular weight excluding hydrogens is 121 g/mol. The Bertz CT molecular complexity index is 95.1. The van der Waals surface area contributed by atoms with Crippen LogP contribution in [0.5, 0.6) is 0 Å². The Hall–Kier alpha value is -0.730. The number of carbonyl (C=O) groups is 1. The normalized spacial score (nSPS) is 12.7. The van der Waals surface area contributed by atoms with Gasteiger partial charge in [-0.25, -0.2) is 4.39 Å². The fraction of sp³-hybridized carbons (Fsp3) is 0.667. The van der Waals surface area contributed by atoms with Crippen molar-refractivity contribution in [1.29, 1.82) is 0 Å². The summed E-state index contributed by atoms with van der Waals surface area (Å²) in [4.78, 5) is 10.2. The molecule has 52 valence electrons. The van der Waals surface area contributed by atoms with E-state index in [9.17, 15) is 9.18 Å². The molecule has 2 nitrogen and oxygen atoms in total. The smallest absolute Gasteiger partial charge is 0.216 e. The molecule has 0 saturated carbocycles. The molecule has 9 heavy (non-hydrogen) atoms. The van der Waals surface area contributed by atoms with Gasteiger partial charge in [0.15, 0.2) is 6.17 Å². The number of halogens is 1. The summed E-state index contributed by atoms with van der Waals surface area (Å²) in [5.74, 6) is -0.203. The zero-order valence-corrected chi connectivity index (χ0v) is 5.48. The Morgan fingerprint density at radius 3 is 2.78 bits per heavy atom. The minimum Gasteiger partial charge on any atom is -0.353 e. The van der Waals surface area contributed by atoms with Gasteiger partial charge in [0.05, 0.1) is 13.5 Å². The summed E-state index contributed by atoms with van der Waals surface area (Å²) in [5, 5.41) is 2.34. The lowest BCUT2D eigenvalue weighted by Gasteiger charge is -2.00. The van der Waals surface area contributed by atoms with Crippen molar-refractivity contribution in [2.75, 3.05) is 6.54 Å². The van der Waals surface area contributed by atoms with E-state index in [2.05, 4.69) is 12.2 Å². The molecule has 0 aromatic rings. The van der Waals surface area contributed by atoms with Crippen LogP contribution in [0.3, 0.4) is 0 Å². The van der Waals surface area contributed by atoms with Crippen molar-refractivity contribution in [3.05, 3.63) is 6.92 Å². The number of rotatable bonds is 3. The van der Waals surface area contributed by atoms with Gasteiger partial charge in [0, 0.05) is 6.92 Å². The van der Waals surface area contributed by atoms with Crippen LogP contribution >= 0.6 is 0 Å². The molecular formula is C6H11FNO+. The standard InChI is InChI=1S/C6H10FNO/c1-3-6(7)4-8-5(2)9/h6H,1,3-4H2,2H3/p+1/t6-/m1/s1. The van der Waals surface area contributed by atoms with Crippen molar-refractivity contribution < 1.29 is 9.18 Å². The Morgan fingerprint density at radius 1 is 1.89 bits per heavy atom. The summed E-state index contributed by atoms with van der Waals surface area (Å²) in [6.45, 7) is 4.78. The van der Waals surface area contributed by atoms with E-state index in [1.54, 1.807) is 0 Å². The van der Waals surface area contributed by atoms with Crippen molar-refractivity contribution in [2.45, 2.75) is 19.5 Å². The van der Waals surface area contributed by atoms with Gasteiger partial charge in [0.1, 0.15) is 6.42 Å². The molecule has 0 aromatic carbocycles. The molecule has 0 bridgehead atoms. The van der Waals surface area contributed by atoms with Gasteiger partial charge < -0.3 is 5.32 Å². The second kappa shape index (κ2) is 4.18. The first-order valence-electron chi connectivity index (χ1n) is 2.84. The number of amides is 1. The molecule has 0 spiro atoms. The van der Waals surface area contributed by atoms with Crippen molar-refractivity contribution in [3.63, 3.8) is 0 Å². The molecule has 0 rings (SSSR count). The van der Waals surface area contributed by atoms with E-state index < -0.39 is 6.17 Å². The minimum absolute atomic E-state index is 0.0822. The average molecular weight is 132 g/mol. The van der Waals surface area contributed by atoms with Gasteiger partial charge in [0.2, 0.25) is 5.91 Å². The molecule has 1 atom stereocenters. The van der Waals surface area contributed by atoms with E-state index in [4.69, 9.17) is 0 Å². The van der Waals surface area contributed by atoms with Crippen molar-refractivity contribution in [1.82, 2.24) is 5.32 Å². The highest BCUT2D eigenvalue weighted by molar-refractivity contribution is 5.72. The summed E-state index contributed by atoms with van der Waals surface area (Å²) in [6.07, 6.45) is -0.797. The van der Waals surface area contributed by atoms with Crippen LogP contribution in [0.4, 0.5) is 4.39 Å². The molecule has 0 unspecified atom stereocenters. The summed E-state index contributed by atoms with van der Waals surface area (Å²) in [7, 11) is 0. The first-order valence-corrected chi connectivity index (χ1v) is 2.84. The van der Waals surface area contributed by atoms with Gasteiger partial charge in [-0.3, -0.25) is 4.79 Å². The number of nitrogens with one attached hydrogen (secondary N) is 1. The molecule has 0 aliphatic rings. The second-order valence-electron chi connectivity index (χ2n) is 1.82. The van der Waals surface area contributed by atoms with E-state index in [-0.39, 0.29) is 18.9 Å².